The van der Waals surface area contributed by atoms with Gasteiger partial charge in [-0.25, -0.2) is 4.98 Å². The van der Waals surface area contributed by atoms with Gasteiger partial charge < -0.3 is 9.30 Å². The van der Waals surface area contributed by atoms with E-state index >= 15 is 0 Å². The molecule has 0 spiro atoms. The predicted molar refractivity (Wildman–Crippen MR) is 135 cm³/mol. The molecule has 1 unspecified atom stereocenters. The van der Waals surface area contributed by atoms with Crippen molar-refractivity contribution >= 4 is 34.8 Å². The number of ether oxygens (including phenoxy) is 1. The van der Waals surface area contributed by atoms with Gasteiger partial charge in [-0.1, -0.05) is 67.9 Å². The first-order valence-corrected chi connectivity index (χ1v) is 11.6. The van der Waals surface area contributed by atoms with Crippen LogP contribution in [0.15, 0.2) is 72.8 Å². The van der Waals surface area contributed by atoms with Crippen LogP contribution in [0, 0.1) is 0 Å². The van der Waals surface area contributed by atoms with E-state index in [-0.39, 0.29) is 0 Å². The van der Waals surface area contributed by atoms with Gasteiger partial charge in [-0.05, 0) is 72.4 Å². The van der Waals surface area contributed by atoms with Crippen molar-refractivity contribution in [2.24, 2.45) is 0 Å². The predicted octanol–water partition coefficient (Wildman–Crippen LogP) is 7.84. The first-order chi connectivity index (χ1) is 15.6. The van der Waals surface area contributed by atoms with Crippen LogP contribution in [-0.4, -0.2) is 16.2 Å². The Morgan fingerprint density at radius 2 is 1.72 bits per heavy atom. The maximum absolute atomic E-state index is 6.00. The molecule has 0 aliphatic carbocycles. The highest BCUT2D eigenvalue weighted by Crippen LogP contribution is 2.22. The third kappa shape index (κ3) is 5.41. The second kappa shape index (κ2) is 10.5. The molecule has 4 rings (SSSR count). The summed E-state index contributed by atoms with van der Waals surface area (Å²) >= 11 is 6.00. The molecule has 0 bridgehead atoms. The van der Waals surface area contributed by atoms with Crippen molar-refractivity contribution in [3.63, 3.8) is 0 Å². The van der Waals surface area contributed by atoms with Crippen LogP contribution in [0.4, 0.5) is 0 Å². The summed E-state index contributed by atoms with van der Waals surface area (Å²) in [5.41, 5.74) is 4.60. The first-order valence-electron chi connectivity index (χ1n) is 11.3. The van der Waals surface area contributed by atoms with E-state index in [4.69, 9.17) is 21.3 Å². The van der Waals surface area contributed by atoms with Gasteiger partial charge in [0.1, 0.15) is 11.6 Å². The van der Waals surface area contributed by atoms with Crippen LogP contribution >= 0.6 is 11.6 Å². The summed E-state index contributed by atoms with van der Waals surface area (Å²) in [4.78, 5) is 4.83. The third-order valence-electron chi connectivity index (χ3n) is 5.84. The first kappa shape index (κ1) is 22.2. The lowest BCUT2D eigenvalue weighted by Gasteiger charge is -2.11. The maximum Gasteiger partial charge on any atom is 0.133 e. The van der Waals surface area contributed by atoms with Crippen molar-refractivity contribution in [2.75, 3.05) is 6.61 Å². The van der Waals surface area contributed by atoms with Crippen molar-refractivity contribution in [3.05, 3.63) is 94.8 Å². The molecule has 0 fully saturated rings. The van der Waals surface area contributed by atoms with Gasteiger partial charge in [-0.3, -0.25) is 0 Å². The topological polar surface area (TPSA) is 27.1 Å². The molecule has 0 saturated heterocycles. The molecule has 3 nitrogen and oxygen atoms in total. The largest absolute Gasteiger partial charge is 0.494 e. The van der Waals surface area contributed by atoms with Crippen LogP contribution < -0.4 is 4.74 Å². The standard InChI is InChI=1S/C28H29ClN2O/c1-3-21(2)23-12-16-25(17-13-23)32-20-6-19-31-27-8-5-4-7-26(27)30-28(31)18-11-22-9-14-24(29)15-10-22/h4-5,7-18,21H,3,6,19-20H2,1-2H3/b18-11+. The lowest BCUT2D eigenvalue weighted by Crippen LogP contribution is -2.06. The van der Waals surface area contributed by atoms with Gasteiger partial charge in [0.15, 0.2) is 0 Å². The fraction of sp³-hybridized carbons (Fsp3) is 0.250. The number of hydrogen-bond donors (Lipinski definition) is 0. The summed E-state index contributed by atoms with van der Waals surface area (Å²) in [7, 11) is 0. The molecule has 4 aromatic rings. The smallest absolute Gasteiger partial charge is 0.133 e. The molecule has 0 saturated carbocycles. The second-order valence-electron chi connectivity index (χ2n) is 8.08. The molecule has 0 radical (unpaired) electrons. The van der Waals surface area contributed by atoms with Gasteiger partial charge in [0.05, 0.1) is 17.6 Å². The second-order valence-corrected chi connectivity index (χ2v) is 8.51. The Balaban J connectivity index is 1.43. The minimum atomic E-state index is 0.581. The molecule has 0 aliphatic rings. The summed E-state index contributed by atoms with van der Waals surface area (Å²) < 4.78 is 8.26. The Morgan fingerprint density at radius 1 is 0.969 bits per heavy atom. The molecule has 0 N–H and O–H groups in total. The Labute approximate surface area is 195 Å². The molecule has 32 heavy (non-hydrogen) atoms. The van der Waals surface area contributed by atoms with Gasteiger partial charge in [-0.2, -0.15) is 0 Å². The van der Waals surface area contributed by atoms with Crippen LogP contribution in [0.25, 0.3) is 23.2 Å². The monoisotopic (exact) mass is 444 g/mol. The number of aryl methyl sites for hydroxylation is 1. The highest BCUT2D eigenvalue weighted by atomic mass is 35.5. The molecular formula is C28H29ClN2O. The minimum absolute atomic E-state index is 0.581. The summed E-state index contributed by atoms with van der Waals surface area (Å²) in [6, 6.07) is 24.6. The average molecular weight is 445 g/mol. The molecule has 1 heterocycles. The average Bonchev–Trinajstić information content (AvgIpc) is 3.19. The van der Waals surface area contributed by atoms with Crippen molar-refractivity contribution in [3.8, 4) is 5.75 Å². The number of rotatable bonds is 9. The van der Waals surface area contributed by atoms with Crippen LogP contribution in [0.3, 0.4) is 0 Å². The maximum atomic E-state index is 6.00. The van der Waals surface area contributed by atoms with Crippen LogP contribution in [0.5, 0.6) is 5.75 Å². The minimum Gasteiger partial charge on any atom is -0.494 e. The van der Waals surface area contributed by atoms with E-state index in [2.05, 4.69) is 73.0 Å². The summed E-state index contributed by atoms with van der Waals surface area (Å²) in [5, 5.41) is 0.740. The number of imidazole rings is 1. The SMILES string of the molecule is CCC(C)c1ccc(OCCCn2c(/C=C/c3ccc(Cl)cc3)nc3ccccc32)cc1. The number of aromatic nitrogens is 2. The lowest BCUT2D eigenvalue weighted by atomic mass is 9.99. The number of nitrogens with zero attached hydrogens (tertiary/aromatic N) is 2. The van der Waals surface area contributed by atoms with Gasteiger partial charge in [0.25, 0.3) is 0 Å². The van der Waals surface area contributed by atoms with E-state index < -0.39 is 0 Å². The van der Waals surface area contributed by atoms with Crippen molar-refractivity contribution < 1.29 is 4.74 Å². The molecule has 3 aromatic carbocycles. The van der Waals surface area contributed by atoms with E-state index in [0.29, 0.717) is 12.5 Å². The van der Waals surface area contributed by atoms with E-state index in [1.807, 2.05) is 30.3 Å². The normalized spacial score (nSPS) is 12.5. The lowest BCUT2D eigenvalue weighted by molar-refractivity contribution is 0.302. The van der Waals surface area contributed by atoms with Crippen LogP contribution in [-0.2, 0) is 6.54 Å². The van der Waals surface area contributed by atoms with Gasteiger partial charge in [0, 0.05) is 11.6 Å². The van der Waals surface area contributed by atoms with Gasteiger partial charge >= 0.3 is 0 Å². The van der Waals surface area contributed by atoms with Crippen molar-refractivity contribution in [2.45, 2.75) is 39.2 Å². The highest BCUT2D eigenvalue weighted by Gasteiger charge is 2.08. The number of halogens is 1. The molecule has 4 heteroatoms. The third-order valence-corrected chi connectivity index (χ3v) is 6.09. The van der Waals surface area contributed by atoms with Crippen LogP contribution in [0.2, 0.25) is 5.02 Å². The Hall–Kier alpha value is -3.04. The zero-order valence-electron chi connectivity index (χ0n) is 18.7. The summed E-state index contributed by atoms with van der Waals surface area (Å²) in [6.07, 6.45) is 6.18. The molecule has 1 aromatic heterocycles. The van der Waals surface area contributed by atoms with E-state index in [9.17, 15) is 0 Å². The van der Waals surface area contributed by atoms with Gasteiger partial charge in [-0.15, -0.1) is 0 Å². The molecule has 0 aliphatic heterocycles. The number of para-hydroxylation sites is 2. The van der Waals surface area contributed by atoms with E-state index in [0.717, 1.165) is 52.6 Å². The summed E-state index contributed by atoms with van der Waals surface area (Å²) in [5.74, 6) is 2.45. The summed E-state index contributed by atoms with van der Waals surface area (Å²) in [6.45, 7) is 5.97. The molecule has 1 atom stereocenters. The Kier molecular flexibility index (Phi) is 7.28. The van der Waals surface area contributed by atoms with Gasteiger partial charge in [0.2, 0.25) is 0 Å². The zero-order valence-corrected chi connectivity index (χ0v) is 19.4. The fourth-order valence-corrected chi connectivity index (χ4v) is 3.87. The highest BCUT2D eigenvalue weighted by molar-refractivity contribution is 6.30. The Bertz CT molecular complexity index is 1180. The molecule has 0 amide bonds. The van der Waals surface area contributed by atoms with E-state index in [1.165, 1.54) is 5.56 Å². The number of hydrogen-bond acceptors (Lipinski definition) is 2. The number of fused-ring (bicyclic) bond motifs is 1. The Morgan fingerprint density at radius 3 is 2.47 bits per heavy atom. The number of benzene rings is 3. The van der Waals surface area contributed by atoms with E-state index in [1.54, 1.807) is 0 Å². The van der Waals surface area contributed by atoms with Crippen LogP contribution in [0.1, 0.15) is 49.6 Å². The fourth-order valence-electron chi connectivity index (χ4n) is 3.74. The quantitative estimate of drug-likeness (QED) is 0.246. The molecule has 164 valence electrons. The molecular weight excluding hydrogens is 416 g/mol. The van der Waals surface area contributed by atoms with Crippen molar-refractivity contribution in [1.82, 2.24) is 9.55 Å². The zero-order chi connectivity index (χ0) is 22.3. The van der Waals surface area contributed by atoms with Crippen molar-refractivity contribution in [1.29, 1.82) is 0 Å².